The van der Waals surface area contributed by atoms with Crippen LogP contribution in [0.4, 0.5) is 5.69 Å². The van der Waals surface area contributed by atoms with E-state index in [0.29, 0.717) is 0 Å². The van der Waals surface area contributed by atoms with Crippen molar-refractivity contribution in [2.24, 2.45) is 15.3 Å². The Bertz CT molecular complexity index is 606. The van der Waals surface area contributed by atoms with Crippen molar-refractivity contribution in [2.75, 3.05) is 40.3 Å². The second-order valence-electron chi connectivity index (χ2n) is 5.72. The van der Waals surface area contributed by atoms with Crippen LogP contribution in [0.15, 0.2) is 33.5 Å². The van der Waals surface area contributed by atoms with Gasteiger partial charge in [0, 0.05) is 36.8 Å². The highest BCUT2D eigenvalue weighted by Gasteiger charge is 2.31. The van der Waals surface area contributed by atoms with E-state index in [1.54, 1.807) is 7.05 Å². The van der Waals surface area contributed by atoms with Crippen molar-refractivity contribution in [1.82, 2.24) is 14.8 Å². The Balaban J connectivity index is 1.99. The molecule has 2 aliphatic rings. The lowest BCUT2D eigenvalue weighted by atomic mass is 10.0. The summed E-state index contributed by atoms with van der Waals surface area (Å²) in [5.41, 5.74) is 2.05. The molecule has 1 fully saturated rings. The number of hydrogen-bond donors (Lipinski definition) is 0. The highest BCUT2D eigenvalue weighted by molar-refractivity contribution is 6.30. The van der Waals surface area contributed by atoms with Gasteiger partial charge in [-0.3, -0.25) is 0 Å². The number of rotatable bonds is 1. The van der Waals surface area contributed by atoms with E-state index in [1.807, 2.05) is 23.2 Å². The first-order chi connectivity index (χ1) is 10.6. The van der Waals surface area contributed by atoms with Crippen molar-refractivity contribution in [3.8, 4) is 0 Å². The van der Waals surface area contributed by atoms with Crippen molar-refractivity contribution in [3.05, 3.63) is 28.8 Å². The first-order valence-corrected chi connectivity index (χ1v) is 7.88. The van der Waals surface area contributed by atoms with Gasteiger partial charge in [-0.15, -0.1) is 0 Å². The molecule has 118 valence electrons. The predicted molar refractivity (Wildman–Crippen MR) is 88.7 cm³/mol. The number of guanidine groups is 1. The van der Waals surface area contributed by atoms with Gasteiger partial charge in [0.25, 0.3) is 0 Å². The number of likely N-dealkylation sites (N-methyl/N-ethyl adjacent to an activating group) is 1. The number of aliphatic imine (C=N–C) groups is 1. The van der Waals surface area contributed by atoms with Crippen molar-refractivity contribution in [1.29, 1.82) is 0 Å². The second kappa shape index (κ2) is 6.22. The Kier molecular flexibility index (Phi) is 4.31. The normalized spacial score (nSPS) is 22.9. The van der Waals surface area contributed by atoms with E-state index in [2.05, 4.69) is 34.1 Å². The molecule has 1 aromatic rings. The van der Waals surface area contributed by atoms with E-state index in [0.717, 1.165) is 48.4 Å². The van der Waals surface area contributed by atoms with Crippen LogP contribution >= 0.6 is 11.6 Å². The van der Waals surface area contributed by atoms with Gasteiger partial charge in [0.1, 0.15) is 0 Å². The summed E-state index contributed by atoms with van der Waals surface area (Å²) < 4.78 is 0. The van der Waals surface area contributed by atoms with E-state index < -0.39 is 0 Å². The molecule has 7 heteroatoms. The molecule has 0 radical (unpaired) electrons. The van der Waals surface area contributed by atoms with Gasteiger partial charge in [-0.2, -0.15) is 5.11 Å². The van der Waals surface area contributed by atoms with E-state index >= 15 is 0 Å². The third-order valence-electron chi connectivity index (χ3n) is 4.20. The van der Waals surface area contributed by atoms with Crippen LogP contribution in [0.5, 0.6) is 0 Å². The minimum Gasteiger partial charge on any atom is -0.338 e. The molecule has 0 bridgehead atoms. The molecule has 0 N–H and O–H groups in total. The van der Waals surface area contributed by atoms with Crippen LogP contribution in [0.3, 0.4) is 0 Å². The zero-order chi connectivity index (χ0) is 15.7. The number of benzene rings is 1. The van der Waals surface area contributed by atoms with Crippen LogP contribution in [0.25, 0.3) is 0 Å². The minimum absolute atomic E-state index is 0.0598. The number of piperazine rings is 1. The Labute approximate surface area is 136 Å². The maximum atomic E-state index is 6.13. The molecule has 2 aliphatic heterocycles. The summed E-state index contributed by atoms with van der Waals surface area (Å²) in [5, 5.41) is 10.9. The highest BCUT2D eigenvalue weighted by atomic mass is 35.5. The molecular weight excluding hydrogens is 300 g/mol. The van der Waals surface area contributed by atoms with Gasteiger partial charge in [-0.1, -0.05) is 16.8 Å². The van der Waals surface area contributed by atoms with Crippen LogP contribution in [0, 0.1) is 0 Å². The lowest BCUT2D eigenvalue weighted by Gasteiger charge is -2.40. The van der Waals surface area contributed by atoms with Crippen molar-refractivity contribution >= 4 is 23.2 Å². The fourth-order valence-electron chi connectivity index (χ4n) is 2.86. The zero-order valence-electron chi connectivity index (χ0n) is 13.2. The van der Waals surface area contributed by atoms with Crippen LogP contribution in [0.1, 0.15) is 18.5 Å². The van der Waals surface area contributed by atoms with Gasteiger partial charge in [-0.05, 0) is 32.2 Å². The molecular formula is C15H21ClN6. The first-order valence-electron chi connectivity index (χ1n) is 7.51. The smallest absolute Gasteiger partial charge is 0.224 e. The molecule has 22 heavy (non-hydrogen) atoms. The molecule has 1 atom stereocenters. The van der Waals surface area contributed by atoms with Gasteiger partial charge >= 0.3 is 0 Å². The van der Waals surface area contributed by atoms with Crippen LogP contribution < -0.4 is 0 Å². The summed E-state index contributed by atoms with van der Waals surface area (Å²) in [6, 6.07) is 5.88. The third-order valence-corrected chi connectivity index (χ3v) is 4.44. The number of nitrogens with zero attached hydrogens (tertiary/aromatic N) is 6. The average molecular weight is 321 g/mol. The molecule has 0 saturated carbocycles. The fraction of sp³-hybridized carbons (Fsp3) is 0.533. The number of hydrogen-bond acceptors (Lipinski definition) is 5. The Morgan fingerprint density at radius 2 is 1.95 bits per heavy atom. The lowest BCUT2D eigenvalue weighted by molar-refractivity contribution is 0.183. The van der Waals surface area contributed by atoms with Crippen LogP contribution in [-0.4, -0.2) is 61.0 Å². The third kappa shape index (κ3) is 2.80. The quantitative estimate of drug-likeness (QED) is 0.747. The van der Waals surface area contributed by atoms with Gasteiger partial charge < -0.3 is 9.80 Å². The summed E-state index contributed by atoms with van der Waals surface area (Å²) in [4.78, 5) is 9.43. The maximum Gasteiger partial charge on any atom is 0.224 e. The monoisotopic (exact) mass is 320 g/mol. The van der Waals surface area contributed by atoms with E-state index in [9.17, 15) is 0 Å². The summed E-state index contributed by atoms with van der Waals surface area (Å²) in [6.45, 7) is 6.05. The Morgan fingerprint density at radius 1 is 1.23 bits per heavy atom. The van der Waals surface area contributed by atoms with Gasteiger partial charge in [0.15, 0.2) is 0 Å². The average Bonchev–Trinajstić information content (AvgIpc) is 2.51. The Hall–Kier alpha value is -1.66. The van der Waals surface area contributed by atoms with Gasteiger partial charge in [0.05, 0.1) is 18.8 Å². The minimum atomic E-state index is 0.0598. The predicted octanol–water partition coefficient (Wildman–Crippen LogP) is 2.95. The van der Waals surface area contributed by atoms with Gasteiger partial charge in [0.2, 0.25) is 5.96 Å². The van der Waals surface area contributed by atoms with Crippen molar-refractivity contribution < 1.29 is 0 Å². The molecule has 1 unspecified atom stereocenters. The molecule has 0 spiro atoms. The van der Waals surface area contributed by atoms with E-state index in [-0.39, 0.29) is 6.04 Å². The van der Waals surface area contributed by atoms with E-state index in [1.165, 1.54) is 0 Å². The highest BCUT2D eigenvalue weighted by Crippen LogP contribution is 2.37. The molecule has 0 aromatic heterocycles. The molecule has 6 nitrogen and oxygen atoms in total. The summed E-state index contributed by atoms with van der Waals surface area (Å²) in [5.74, 6) is 0.876. The van der Waals surface area contributed by atoms with Crippen molar-refractivity contribution in [2.45, 2.75) is 13.0 Å². The lowest BCUT2D eigenvalue weighted by Crippen LogP contribution is -2.52. The zero-order valence-corrected chi connectivity index (χ0v) is 14.0. The molecule has 3 rings (SSSR count). The first kappa shape index (κ1) is 15.2. The number of halogens is 1. The molecule has 0 aliphatic carbocycles. The van der Waals surface area contributed by atoms with Crippen molar-refractivity contribution in [3.63, 3.8) is 0 Å². The molecule has 2 heterocycles. The SMILES string of the molecule is C/N=N\N1C(N2CCN(C)CC2)=Nc2ccc(Cl)cc2C1C. The van der Waals surface area contributed by atoms with E-state index in [4.69, 9.17) is 16.6 Å². The molecule has 0 amide bonds. The molecule has 1 saturated heterocycles. The van der Waals surface area contributed by atoms with Crippen LogP contribution in [0.2, 0.25) is 5.02 Å². The largest absolute Gasteiger partial charge is 0.338 e. The standard InChI is InChI=1S/C15H21ClN6/c1-11-13-10-12(16)4-5-14(13)18-15(22(11)19-17-2)21-8-6-20(3)7-9-21/h4-5,10-11H,6-9H2,1-3H3/b19-17-. The summed E-state index contributed by atoms with van der Waals surface area (Å²) in [7, 11) is 3.82. The topological polar surface area (TPSA) is 46.8 Å². The molecule has 1 aromatic carbocycles. The maximum absolute atomic E-state index is 6.13. The fourth-order valence-corrected chi connectivity index (χ4v) is 3.04. The second-order valence-corrected chi connectivity index (χ2v) is 6.15. The van der Waals surface area contributed by atoms with Gasteiger partial charge in [-0.25, -0.2) is 10.0 Å². The summed E-state index contributed by atoms with van der Waals surface area (Å²) >= 11 is 6.13. The number of fused-ring (bicyclic) bond motifs is 1. The Morgan fingerprint density at radius 3 is 2.64 bits per heavy atom. The summed E-state index contributed by atoms with van der Waals surface area (Å²) in [6.07, 6.45) is 0. The van der Waals surface area contributed by atoms with Crippen LogP contribution in [-0.2, 0) is 0 Å².